The zero-order valence-electron chi connectivity index (χ0n) is 10.7. The van der Waals surface area contributed by atoms with Gasteiger partial charge in [-0.2, -0.15) is 0 Å². The lowest BCUT2D eigenvalue weighted by atomic mass is 10.0. The molecule has 0 amide bonds. The second kappa shape index (κ2) is 5.85. The summed E-state index contributed by atoms with van der Waals surface area (Å²) < 4.78 is 5.70. The number of hydrogen-bond acceptors (Lipinski definition) is 1. The van der Waals surface area contributed by atoms with E-state index in [9.17, 15) is 0 Å². The number of rotatable bonds is 3. The molecule has 0 aromatic heterocycles. The van der Waals surface area contributed by atoms with Gasteiger partial charge >= 0.3 is 0 Å². The number of benzene rings is 2. The van der Waals surface area contributed by atoms with E-state index >= 15 is 0 Å². The van der Waals surface area contributed by atoms with Crippen molar-refractivity contribution in [1.29, 1.82) is 0 Å². The molecule has 1 unspecified atom stereocenters. The molecule has 1 atom stereocenters. The minimum Gasteiger partial charge on any atom is -0.493 e. The Balaban J connectivity index is 1.89. The van der Waals surface area contributed by atoms with Crippen molar-refractivity contribution >= 4 is 34.8 Å². The van der Waals surface area contributed by atoms with Crippen LogP contribution in [0, 0.1) is 0 Å². The Bertz CT molecular complexity index is 640. The highest BCUT2D eigenvalue weighted by atomic mass is 35.5. The molecule has 2 aromatic rings. The van der Waals surface area contributed by atoms with E-state index in [-0.39, 0.29) is 5.38 Å². The first-order chi connectivity index (χ1) is 9.63. The van der Waals surface area contributed by atoms with E-state index in [0.717, 1.165) is 33.9 Å². The Labute approximate surface area is 133 Å². The third-order valence-corrected chi connectivity index (χ3v) is 4.26. The van der Waals surface area contributed by atoms with E-state index < -0.39 is 0 Å². The largest absolute Gasteiger partial charge is 0.493 e. The van der Waals surface area contributed by atoms with Gasteiger partial charge in [0.25, 0.3) is 0 Å². The molecular formula is C16H13Cl3O. The Kier molecular flexibility index (Phi) is 4.11. The lowest BCUT2D eigenvalue weighted by Crippen LogP contribution is -1.99. The van der Waals surface area contributed by atoms with Crippen LogP contribution in [-0.2, 0) is 12.8 Å². The molecule has 1 heterocycles. The fourth-order valence-electron chi connectivity index (χ4n) is 2.51. The van der Waals surface area contributed by atoms with Crippen LogP contribution in [-0.4, -0.2) is 6.61 Å². The highest BCUT2D eigenvalue weighted by molar-refractivity contribution is 6.31. The average Bonchev–Trinajstić information content (AvgIpc) is 2.85. The number of alkyl halides is 1. The molecule has 104 valence electrons. The summed E-state index contributed by atoms with van der Waals surface area (Å²) in [7, 11) is 0. The van der Waals surface area contributed by atoms with Crippen molar-refractivity contribution in [2.24, 2.45) is 0 Å². The average molecular weight is 328 g/mol. The van der Waals surface area contributed by atoms with E-state index in [1.807, 2.05) is 36.4 Å². The zero-order chi connectivity index (χ0) is 14.1. The van der Waals surface area contributed by atoms with Crippen LogP contribution in [0.2, 0.25) is 10.0 Å². The van der Waals surface area contributed by atoms with Gasteiger partial charge in [-0.05, 0) is 41.8 Å². The van der Waals surface area contributed by atoms with Gasteiger partial charge in [0.2, 0.25) is 0 Å². The minimum atomic E-state index is -0.181. The summed E-state index contributed by atoms with van der Waals surface area (Å²) in [6.45, 7) is 0.698. The molecule has 20 heavy (non-hydrogen) atoms. The molecule has 0 saturated heterocycles. The number of fused-ring (bicyclic) bond motifs is 1. The van der Waals surface area contributed by atoms with Crippen LogP contribution in [0.15, 0.2) is 36.4 Å². The molecule has 0 N–H and O–H groups in total. The van der Waals surface area contributed by atoms with Gasteiger partial charge in [0.1, 0.15) is 5.75 Å². The second-order valence-corrected chi connectivity index (χ2v) is 6.28. The first-order valence-electron chi connectivity index (χ1n) is 6.47. The third-order valence-electron chi connectivity index (χ3n) is 3.42. The summed E-state index contributed by atoms with van der Waals surface area (Å²) in [6, 6.07) is 11.6. The number of hydrogen-bond donors (Lipinski definition) is 0. The van der Waals surface area contributed by atoms with E-state index in [1.165, 1.54) is 0 Å². The van der Waals surface area contributed by atoms with Crippen LogP contribution < -0.4 is 4.74 Å². The quantitative estimate of drug-likeness (QED) is 0.681. The van der Waals surface area contributed by atoms with Crippen molar-refractivity contribution in [1.82, 2.24) is 0 Å². The standard InChI is InChI=1S/C16H13Cl3O/c17-12-3-1-2-10(6-12)7-15(19)14-9-13(18)8-11-4-5-20-16(11)14/h1-3,6,8-9,15H,4-5,7H2. The molecular weight excluding hydrogens is 315 g/mol. The van der Waals surface area contributed by atoms with Crippen LogP contribution in [0.1, 0.15) is 22.1 Å². The summed E-state index contributed by atoms with van der Waals surface area (Å²) >= 11 is 18.7. The van der Waals surface area contributed by atoms with E-state index in [0.29, 0.717) is 18.1 Å². The van der Waals surface area contributed by atoms with Crippen LogP contribution in [0.4, 0.5) is 0 Å². The molecule has 2 aromatic carbocycles. The van der Waals surface area contributed by atoms with Gasteiger partial charge in [0.15, 0.2) is 0 Å². The topological polar surface area (TPSA) is 9.23 Å². The lowest BCUT2D eigenvalue weighted by molar-refractivity contribution is 0.353. The van der Waals surface area contributed by atoms with E-state index in [2.05, 4.69) is 0 Å². The van der Waals surface area contributed by atoms with Crippen molar-refractivity contribution < 1.29 is 4.74 Å². The minimum absolute atomic E-state index is 0.181. The van der Waals surface area contributed by atoms with Gasteiger partial charge in [0, 0.05) is 22.0 Å². The lowest BCUT2D eigenvalue weighted by Gasteiger charge is -2.14. The SMILES string of the molecule is Clc1cccc(CC(Cl)c2cc(Cl)cc3c2OCC3)c1. The summed E-state index contributed by atoms with van der Waals surface area (Å²) in [5.41, 5.74) is 3.21. The molecule has 0 spiro atoms. The summed E-state index contributed by atoms with van der Waals surface area (Å²) in [5.74, 6) is 0.899. The van der Waals surface area contributed by atoms with Gasteiger partial charge in [-0.1, -0.05) is 35.3 Å². The molecule has 1 aliphatic rings. The molecule has 0 saturated carbocycles. The van der Waals surface area contributed by atoms with Crippen molar-refractivity contribution in [2.45, 2.75) is 18.2 Å². The van der Waals surface area contributed by atoms with Crippen molar-refractivity contribution in [3.8, 4) is 5.75 Å². The molecule has 0 fully saturated rings. The van der Waals surface area contributed by atoms with Gasteiger partial charge in [-0.25, -0.2) is 0 Å². The fraction of sp³-hybridized carbons (Fsp3) is 0.250. The first-order valence-corrected chi connectivity index (χ1v) is 7.66. The third kappa shape index (κ3) is 2.90. The number of ether oxygens (including phenoxy) is 1. The second-order valence-electron chi connectivity index (χ2n) is 4.88. The predicted octanol–water partition coefficient (Wildman–Crippen LogP) is 5.45. The van der Waals surface area contributed by atoms with Gasteiger partial charge in [-0.3, -0.25) is 0 Å². The molecule has 1 nitrogen and oxygen atoms in total. The first kappa shape index (κ1) is 14.1. The molecule has 3 rings (SSSR count). The Morgan fingerprint density at radius 3 is 2.75 bits per heavy atom. The Morgan fingerprint density at radius 1 is 1.10 bits per heavy atom. The molecule has 0 radical (unpaired) electrons. The number of halogens is 3. The van der Waals surface area contributed by atoms with Crippen molar-refractivity contribution in [2.75, 3.05) is 6.61 Å². The maximum Gasteiger partial charge on any atom is 0.127 e. The summed E-state index contributed by atoms with van der Waals surface area (Å²) in [6.07, 6.45) is 1.59. The highest BCUT2D eigenvalue weighted by Gasteiger charge is 2.22. The summed E-state index contributed by atoms with van der Waals surface area (Å²) in [5, 5.41) is 1.25. The van der Waals surface area contributed by atoms with Crippen molar-refractivity contribution in [3.63, 3.8) is 0 Å². The summed E-state index contributed by atoms with van der Waals surface area (Å²) in [4.78, 5) is 0. The molecule has 4 heteroatoms. The maximum atomic E-state index is 6.57. The Hall–Kier alpha value is -0.890. The molecule has 0 bridgehead atoms. The van der Waals surface area contributed by atoms with Gasteiger partial charge in [-0.15, -0.1) is 11.6 Å². The van der Waals surface area contributed by atoms with Gasteiger partial charge in [0.05, 0.1) is 12.0 Å². The smallest absolute Gasteiger partial charge is 0.127 e. The van der Waals surface area contributed by atoms with Gasteiger partial charge < -0.3 is 4.74 Å². The monoisotopic (exact) mass is 326 g/mol. The van der Waals surface area contributed by atoms with E-state index in [4.69, 9.17) is 39.5 Å². The Morgan fingerprint density at radius 2 is 1.95 bits per heavy atom. The maximum absolute atomic E-state index is 6.57. The van der Waals surface area contributed by atoms with E-state index in [1.54, 1.807) is 0 Å². The van der Waals surface area contributed by atoms with Crippen LogP contribution in [0.3, 0.4) is 0 Å². The fourth-order valence-corrected chi connectivity index (χ4v) is 3.31. The van der Waals surface area contributed by atoms with Crippen molar-refractivity contribution in [3.05, 3.63) is 63.1 Å². The predicted molar refractivity (Wildman–Crippen MR) is 84.4 cm³/mol. The van der Waals surface area contributed by atoms with Crippen LogP contribution >= 0.6 is 34.8 Å². The van der Waals surface area contributed by atoms with Crippen LogP contribution in [0.5, 0.6) is 5.75 Å². The van der Waals surface area contributed by atoms with Crippen LogP contribution in [0.25, 0.3) is 0 Å². The normalized spacial score (nSPS) is 14.8. The molecule has 1 aliphatic heterocycles. The zero-order valence-corrected chi connectivity index (χ0v) is 13.0. The highest BCUT2D eigenvalue weighted by Crippen LogP contribution is 2.40. The molecule has 0 aliphatic carbocycles.